The zero-order valence-corrected chi connectivity index (χ0v) is 13.8. The van der Waals surface area contributed by atoms with Crippen molar-refractivity contribution < 1.29 is 0 Å². The second-order valence-corrected chi connectivity index (χ2v) is 6.01. The summed E-state index contributed by atoms with van der Waals surface area (Å²) in [5, 5.41) is 10.0. The molecule has 2 heterocycles. The highest BCUT2D eigenvalue weighted by atomic mass is 32.2. The molecule has 116 valence electrons. The molecule has 24 heavy (non-hydrogen) atoms. The second kappa shape index (κ2) is 8.09. The Hall–Kier alpha value is -2.90. The van der Waals surface area contributed by atoms with Crippen molar-refractivity contribution in [2.45, 2.75) is 5.03 Å². The van der Waals surface area contributed by atoms with Crippen LogP contribution in [0, 0.1) is 11.3 Å². The lowest BCUT2D eigenvalue weighted by atomic mass is 10.2. The molecule has 0 radical (unpaired) electrons. The Bertz CT molecular complexity index is 868. The normalized spacial score (nSPS) is 10.6. The number of benzene rings is 1. The van der Waals surface area contributed by atoms with E-state index in [1.165, 1.54) is 0 Å². The minimum Gasteiger partial charge on any atom is -0.255 e. The fraction of sp³-hybridized carbons (Fsp3) is 0.0500. The van der Waals surface area contributed by atoms with Crippen molar-refractivity contribution in [1.29, 1.82) is 5.26 Å². The van der Waals surface area contributed by atoms with Gasteiger partial charge in [-0.2, -0.15) is 5.26 Å². The highest BCUT2D eigenvalue weighted by Crippen LogP contribution is 2.24. The largest absolute Gasteiger partial charge is 0.255 e. The zero-order chi connectivity index (χ0) is 16.6. The fourth-order valence-corrected chi connectivity index (χ4v) is 2.95. The Kier molecular flexibility index (Phi) is 5.39. The SMILES string of the molecule is N#Cc1ccc(-c2ccccn2)nc1SCC=Cc1ccccc1. The maximum Gasteiger partial charge on any atom is 0.115 e. The number of thioether (sulfide) groups is 1. The molecule has 0 aliphatic carbocycles. The molecule has 3 aromatic rings. The lowest BCUT2D eigenvalue weighted by molar-refractivity contribution is 1.10. The quantitative estimate of drug-likeness (QED) is 0.630. The van der Waals surface area contributed by atoms with E-state index in [1.54, 1.807) is 24.0 Å². The summed E-state index contributed by atoms with van der Waals surface area (Å²) >= 11 is 1.55. The van der Waals surface area contributed by atoms with Crippen LogP contribution in [-0.2, 0) is 0 Å². The van der Waals surface area contributed by atoms with Crippen LogP contribution in [0.2, 0.25) is 0 Å². The van der Waals surface area contributed by atoms with Gasteiger partial charge in [0.2, 0.25) is 0 Å². The van der Waals surface area contributed by atoms with Gasteiger partial charge in [0.15, 0.2) is 0 Å². The molecule has 3 nitrogen and oxygen atoms in total. The first kappa shape index (κ1) is 16.0. The van der Waals surface area contributed by atoms with E-state index in [9.17, 15) is 5.26 Å². The number of pyridine rings is 2. The van der Waals surface area contributed by atoms with Gasteiger partial charge in [-0.05, 0) is 29.8 Å². The average Bonchev–Trinajstić information content (AvgIpc) is 2.66. The molecule has 0 aliphatic rings. The van der Waals surface area contributed by atoms with Crippen LogP contribution in [0.25, 0.3) is 17.5 Å². The van der Waals surface area contributed by atoms with Gasteiger partial charge in [-0.1, -0.05) is 48.6 Å². The van der Waals surface area contributed by atoms with E-state index in [0.717, 1.165) is 27.7 Å². The van der Waals surface area contributed by atoms with Gasteiger partial charge in [0.1, 0.15) is 11.1 Å². The Morgan fingerprint density at radius 2 is 1.79 bits per heavy atom. The van der Waals surface area contributed by atoms with Crippen LogP contribution < -0.4 is 0 Å². The average molecular weight is 329 g/mol. The van der Waals surface area contributed by atoms with E-state index in [1.807, 2.05) is 42.5 Å². The zero-order valence-electron chi connectivity index (χ0n) is 13.0. The lowest BCUT2D eigenvalue weighted by Crippen LogP contribution is -1.92. The summed E-state index contributed by atoms with van der Waals surface area (Å²) in [7, 11) is 0. The summed E-state index contributed by atoms with van der Waals surface area (Å²) < 4.78 is 0. The molecule has 0 bridgehead atoms. The Balaban J connectivity index is 1.74. The number of hydrogen-bond donors (Lipinski definition) is 0. The molecule has 0 aliphatic heterocycles. The smallest absolute Gasteiger partial charge is 0.115 e. The van der Waals surface area contributed by atoms with E-state index in [4.69, 9.17) is 0 Å². The number of nitrogens with zero attached hydrogens (tertiary/aromatic N) is 3. The monoisotopic (exact) mass is 329 g/mol. The highest BCUT2D eigenvalue weighted by Gasteiger charge is 2.07. The standard InChI is InChI=1S/C20H15N3S/c21-15-17-11-12-19(18-10-4-5-13-22-18)23-20(17)24-14-6-9-16-7-2-1-3-8-16/h1-13H,14H2. The predicted molar refractivity (Wildman–Crippen MR) is 98.4 cm³/mol. The molecule has 4 heteroatoms. The van der Waals surface area contributed by atoms with Crippen LogP contribution in [0.4, 0.5) is 0 Å². The van der Waals surface area contributed by atoms with Crippen LogP contribution in [0.1, 0.15) is 11.1 Å². The van der Waals surface area contributed by atoms with Gasteiger partial charge in [0.05, 0.1) is 17.0 Å². The number of rotatable bonds is 5. The van der Waals surface area contributed by atoms with Crippen LogP contribution in [-0.4, -0.2) is 15.7 Å². The lowest BCUT2D eigenvalue weighted by Gasteiger charge is -2.05. The number of nitriles is 1. The van der Waals surface area contributed by atoms with Crippen LogP contribution in [0.15, 0.2) is 78.0 Å². The second-order valence-electron chi connectivity index (χ2n) is 5.00. The van der Waals surface area contributed by atoms with Gasteiger partial charge in [-0.25, -0.2) is 4.98 Å². The third-order valence-electron chi connectivity index (χ3n) is 3.33. The van der Waals surface area contributed by atoms with E-state index < -0.39 is 0 Å². The van der Waals surface area contributed by atoms with Crippen molar-refractivity contribution in [2.75, 3.05) is 5.75 Å². The van der Waals surface area contributed by atoms with Crippen LogP contribution in [0.5, 0.6) is 0 Å². The predicted octanol–water partition coefficient (Wildman–Crippen LogP) is 4.82. The first-order valence-corrected chi connectivity index (χ1v) is 8.52. The first-order chi connectivity index (χ1) is 11.9. The Morgan fingerprint density at radius 1 is 0.958 bits per heavy atom. The van der Waals surface area contributed by atoms with Crippen molar-refractivity contribution >= 4 is 17.8 Å². The van der Waals surface area contributed by atoms with Gasteiger partial charge < -0.3 is 0 Å². The third kappa shape index (κ3) is 4.09. The summed E-state index contributed by atoms with van der Waals surface area (Å²) in [6.45, 7) is 0. The summed E-state index contributed by atoms with van der Waals surface area (Å²) in [6, 6.07) is 21.7. The molecular formula is C20H15N3S. The van der Waals surface area contributed by atoms with Crippen molar-refractivity contribution in [3.05, 3.63) is 84.1 Å². The Morgan fingerprint density at radius 3 is 2.54 bits per heavy atom. The van der Waals surface area contributed by atoms with E-state index in [2.05, 4.69) is 40.3 Å². The molecule has 0 atom stereocenters. The van der Waals surface area contributed by atoms with E-state index >= 15 is 0 Å². The number of hydrogen-bond acceptors (Lipinski definition) is 4. The molecule has 3 rings (SSSR count). The molecule has 0 saturated heterocycles. The van der Waals surface area contributed by atoms with Crippen LogP contribution >= 0.6 is 11.8 Å². The summed E-state index contributed by atoms with van der Waals surface area (Å²) in [5.41, 5.74) is 3.34. The summed E-state index contributed by atoms with van der Waals surface area (Å²) in [6.07, 6.45) is 5.89. The van der Waals surface area contributed by atoms with Crippen molar-refractivity contribution in [3.63, 3.8) is 0 Å². The molecule has 0 amide bonds. The third-order valence-corrected chi connectivity index (χ3v) is 4.28. The number of aromatic nitrogens is 2. The van der Waals surface area contributed by atoms with Crippen molar-refractivity contribution in [1.82, 2.24) is 9.97 Å². The van der Waals surface area contributed by atoms with E-state index in [-0.39, 0.29) is 0 Å². The molecule has 2 aromatic heterocycles. The maximum absolute atomic E-state index is 9.28. The van der Waals surface area contributed by atoms with Gasteiger partial charge >= 0.3 is 0 Å². The topological polar surface area (TPSA) is 49.6 Å². The molecule has 0 spiro atoms. The summed E-state index contributed by atoms with van der Waals surface area (Å²) in [5.74, 6) is 0.752. The van der Waals surface area contributed by atoms with Gasteiger partial charge in [-0.15, -0.1) is 11.8 Å². The minimum atomic E-state index is 0.591. The molecule has 0 fully saturated rings. The van der Waals surface area contributed by atoms with E-state index in [0.29, 0.717) is 5.56 Å². The van der Waals surface area contributed by atoms with Gasteiger partial charge in [0.25, 0.3) is 0 Å². The molecule has 0 saturated carbocycles. The summed E-state index contributed by atoms with van der Waals surface area (Å²) in [4.78, 5) is 8.92. The molecule has 0 N–H and O–H groups in total. The van der Waals surface area contributed by atoms with Crippen molar-refractivity contribution in [3.8, 4) is 17.5 Å². The van der Waals surface area contributed by atoms with Gasteiger partial charge in [0, 0.05) is 11.9 Å². The molecule has 0 unspecified atom stereocenters. The minimum absolute atomic E-state index is 0.591. The maximum atomic E-state index is 9.28. The molecule has 1 aromatic carbocycles. The fourth-order valence-electron chi connectivity index (χ4n) is 2.17. The Labute approximate surface area is 145 Å². The highest BCUT2D eigenvalue weighted by molar-refractivity contribution is 7.99. The first-order valence-electron chi connectivity index (χ1n) is 7.54. The molecular weight excluding hydrogens is 314 g/mol. The van der Waals surface area contributed by atoms with Crippen molar-refractivity contribution in [2.24, 2.45) is 0 Å². The van der Waals surface area contributed by atoms with Crippen LogP contribution in [0.3, 0.4) is 0 Å². The van der Waals surface area contributed by atoms with Gasteiger partial charge in [-0.3, -0.25) is 4.98 Å².